The Bertz CT molecular complexity index is 852. The van der Waals surface area contributed by atoms with Gasteiger partial charge in [0.2, 0.25) is 0 Å². The molecule has 2 amide bonds. The highest BCUT2D eigenvalue weighted by Crippen LogP contribution is 2.30. The third kappa shape index (κ3) is 4.06. The van der Waals surface area contributed by atoms with Gasteiger partial charge in [-0.25, -0.2) is 4.52 Å². The summed E-state index contributed by atoms with van der Waals surface area (Å²) < 4.78 is 38.6. The van der Waals surface area contributed by atoms with E-state index in [1.165, 1.54) is 23.0 Å². The van der Waals surface area contributed by atoms with Gasteiger partial charge >= 0.3 is 12.1 Å². The van der Waals surface area contributed by atoms with E-state index in [1.54, 1.807) is 5.32 Å². The first-order valence-corrected chi connectivity index (χ1v) is 7.76. The van der Waals surface area contributed by atoms with Crippen LogP contribution in [0.15, 0.2) is 18.5 Å². The highest BCUT2D eigenvalue weighted by Gasteiger charge is 2.39. The number of hydrogen-bond acceptors (Lipinski definition) is 4. The van der Waals surface area contributed by atoms with Crippen molar-refractivity contribution in [2.45, 2.75) is 39.9 Å². The fourth-order valence-corrected chi connectivity index (χ4v) is 2.10. The number of anilines is 2. The van der Waals surface area contributed by atoms with Gasteiger partial charge in [0.05, 0.1) is 34.8 Å². The topological polar surface area (TPSA) is 102 Å². The number of primary amides is 1. The summed E-state index contributed by atoms with van der Waals surface area (Å²) in [5.74, 6) is -2.83. The minimum Gasteiger partial charge on any atom is -0.380 e. The number of halogens is 3. The zero-order valence-corrected chi connectivity index (χ0v) is 14.7. The van der Waals surface area contributed by atoms with Gasteiger partial charge in [-0.15, -0.1) is 0 Å². The lowest BCUT2D eigenvalue weighted by Crippen LogP contribution is -2.32. The molecule has 0 radical (unpaired) electrons. The van der Waals surface area contributed by atoms with Gasteiger partial charge in [0.15, 0.2) is 0 Å². The Labute approximate surface area is 147 Å². The summed E-state index contributed by atoms with van der Waals surface area (Å²) in [6.45, 7) is 7.86. The predicted octanol–water partition coefficient (Wildman–Crippen LogP) is 2.78. The minimum atomic E-state index is -5.01. The van der Waals surface area contributed by atoms with E-state index in [1.807, 2.05) is 27.7 Å². The number of hydrogen-bond donors (Lipinski definition) is 3. The first kappa shape index (κ1) is 19.5. The highest BCUT2D eigenvalue weighted by molar-refractivity contribution is 6.03. The molecule has 4 N–H and O–H groups in total. The average Bonchev–Trinajstić information content (AvgIpc) is 2.87. The van der Waals surface area contributed by atoms with Crippen molar-refractivity contribution in [2.24, 2.45) is 11.1 Å². The molecule has 2 aromatic heterocycles. The number of nitrogens with one attached hydrogen (secondary N) is 2. The number of nitrogens with two attached hydrogens (primary N) is 1. The van der Waals surface area contributed by atoms with Crippen LogP contribution in [0.25, 0.3) is 5.52 Å². The zero-order valence-electron chi connectivity index (χ0n) is 14.7. The first-order chi connectivity index (χ1) is 11.8. The second-order valence-corrected chi connectivity index (χ2v) is 7.04. The number of aromatic nitrogens is 2. The van der Waals surface area contributed by atoms with Crippen LogP contribution < -0.4 is 16.4 Å². The van der Waals surface area contributed by atoms with Crippen LogP contribution in [0.2, 0.25) is 0 Å². The van der Waals surface area contributed by atoms with Gasteiger partial charge < -0.3 is 16.4 Å². The van der Waals surface area contributed by atoms with Crippen molar-refractivity contribution < 1.29 is 22.8 Å². The lowest BCUT2D eigenvalue weighted by molar-refractivity contribution is -0.167. The van der Waals surface area contributed by atoms with Gasteiger partial charge in [0.1, 0.15) is 0 Å². The van der Waals surface area contributed by atoms with Crippen LogP contribution in [0.5, 0.6) is 0 Å². The number of carbonyl (C=O) groups excluding carboxylic acids is 2. The summed E-state index contributed by atoms with van der Waals surface area (Å²) in [7, 11) is 0. The number of alkyl halides is 3. The molecule has 0 saturated heterocycles. The van der Waals surface area contributed by atoms with Crippen molar-refractivity contribution >= 4 is 28.7 Å². The summed E-state index contributed by atoms with van der Waals surface area (Å²) >= 11 is 0. The van der Waals surface area contributed by atoms with Gasteiger partial charge in [-0.05, 0) is 18.4 Å². The molecule has 26 heavy (non-hydrogen) atoms. The smallest absolute Gasteiger partial charge is 0.380 e. The summed E-state index contributed by atoms with van der Waals surface area (Å²) in [5.41, 5.74) is 5.86. The van der Waals surface area contributed by atoms with Crippen LogP contribution in [0.1, 0.15) is 38.1 Å². The Hall–Kier alpha value is -2.78. The quantitative estimate of drug-likeness (QED) is 0.769. The highest BCUT2D eigenvalue weighted by atomic mass is 19.4. The molecular formula is C16H20F3N5O2. The maximum atomic E-state index is 12.4. The Morgan fingerprint density at radius 1 is 1.27 bits per heavy atom. The van der Waals surface area contributed by atoms with Crippen molar-refractivity contribution in [1.29, 1.82) is 0 Å². The van der Waals surface area contributed by atoms with E-state index in [-0.39, 0.29) is 22.7 Å². The minimum absolute atomic E-state index is 0.0976. The molecule has 0 fully saturated rings. The van der Waals surface area contributed by atoms with E-state index in [0.29, 0.717) is 11.2 Å². The summed E-state index contributed by atoms with van der Waals surface area (Å²) in [6, 6.07) is 1.19. The van der Waals surface area contributed by atoms with Crippen LogP contribution in [0.3, 0.4) is 0 Å². The van der Waals surface area contributed by atoms with Gasteiger partial charge in [0.25, 0.3) is 5.91 Å². The van der Waals surface area contributed by atoms with Crippen molar-refractivity contribution in [2.75, 3.05) is 10.6 Å². The van der Waals surface area contributed by atoms with E-state index in [4.69, 9.17) is 5.73 Å². The molecule has 142 valence electrons. The fourth-order valence-electron chi connectivity index (χ4n) is 2.10. The SMILES string of the molecule is CC(Nc1c(C(N)=O)cnn2cc(NC(=O)C(F)(F)F)cc12)C(C)(C)C. The number of carbonyl (C=O) groups is 2. The molecule has 0 aliphatic heterocycles. The zero-order chi connectivity index (χ0) is 19.9. The second-order valence-electron chi connectivity index (χ2n) is 7.04. The van der Waals surface area contributed by atoms with E-state index in [0.717, 1.165) is 0 Å². The van der Waals surface area contributed by atoms with E-state index in [9.17, 15) is 22.8 Å². The molecule has 0 aromatic carbocycles. The van der Waals surface area contributed by atoms with Crippen LogP contribution in [0.4, 0.5) is 24.5 Å². The molecule has 2 heterocycles. The average molecular weight is 371 g/mol. The Morgan fingerprint density at radius 2 is 1.88 bits per heavy atom. The summed E-state index contributed by atoms with van der Waals surface area (Å²) in [5, 5.41) is 8.90. The molecule has 2 aromatic rings. The number of nitrogens with zero attached hydrogens (tertiary/aromatic N) is 2. The van der Waals surface area contributed by atoms with Gasteiger partial charge in [0, 0.05) is 6.04 Å². The van der Waals surface area contributed by atoms with Crippen LogP contribution in [-0.2, 0) is 4.79 Å². The van der Waals surface area contributed by atoms with E-state index < -0.39 is 18.0 Å². The van der Waals surface area contributed by atoms with Crippen LogP contribution >= 0.6 is 0 Å². The maximum absolute atomic E-state index is 12.4. The molecule has 0 bridgehead atoms. The Kier molecular flexibility index (Phi) is 4.89. The summed E-state index contributed by atoms with van der Waals surface area (Å²) in [6.07, 6.45) is -2.57. The number of rotatable bonds is 4. The first-order valence-electron chi connectivity index (χ1n) is 7.76. The van der Waals surface area contributed by atoms with Gasteiger partial charge in [-0.2, -0.15) is 18.3 Å². The van der Waals surface area contributed by atoms with Crippen molar-refractivity contribution in [3.05, 3.63) is 24.0 Å². The predicted molar refractivity (Wildman–Crippen MR) is 90.9 cm³/mol. The standard InChI is InChI=1S/C16H20F3N5O2/c1-8(15(2,3)4)22-12-10(13(20)25)6-21-24-7-9(5-11(12)24)23-14(26)16(17,18)19/h5-8,22H,1-4H3,(H2,20,25)(H,23,26). The monoisotopic (exact) mass is 371 g/mol. The van der Waals surface area contributed by atoms with Crippen LogP contribution in [-0.4, -0.2) is 33.6 Å². The third-order valence-corrected chi connectivity index (χ3v) is 4.08. The molecule has 0 spiro atoms. The molecule has 0 aliphatic rings. The molecule has 7 nitrogen and oxygen atoms in total. The molecular weight excluding hydrogens is 351 g/mol. The Balaban J connectivity index is 2.51. The molecule has 1 unspecified atom stereocenters. The van der Waals surface area contributed by atoms with E-state index >= 15 is 0 Å². The van der Waals surface area contributed by atoms with Crippen molar-refractivity contribution in [3.8, 4) is 0 Å². The molecule has 0 aliphatic carbocycles. The van der Waals surface area contributed by atoms with Crippen molar-refractivity contribution in [1.82, 2.24) is 9.61 Å². The third-order valence-electron chi connectivity index (χ3n) is 4.08. The second kappa shape index (κ2) is 6.50. The lowest BCUT2D eigenvalue weighted by atomic mass is 9.88. The van der Waals surface area contributed by atoms with Crippen molar-refractivity contribution in [3.63, 3.8) is 0 Å². The normalized spacial score (nSPS) is 13.5. The molecule has 10 heteroatoms. The summed E-state index contributed by atoms with van der Waals surface area (Å²) in [4.78, 5) is 22.9. The fraction of sp³-hybridized carbons (Fsp3) is 0.438. The van der Waals surface area contributed by atoms with Gasteiger partial charge in [-0.1, -0.05) is 20.8 Å². The lowest BCUT2D eigenvalue weighted by Gasteiger charge is -2.29. The number of fused-ring (bicyclic) bond motifs is 1. The van der Waals surface area contributed by atoms with Gasteiger partial charge in [-0.3, -0.25) is 9.59 Å². The Morgan fingerprint density at radius 3 is 2.38 bits per heavy atom. The van der Waals surface area contributed by atoms with Crippen LogP contribution in [0, 0.1) is 5.41 Å². The molecule has 0 saturated carbocycles. The number of amides is 2. The largest absolute Gasteiger partial charge is 0.471 e. The van der Waals surface area contributed by atoms with E-state index in [2.05, 4.69) is 10.4 Å². The molecule has 1 atom stereocenters. The maximum Gasteiger partial charge on any atom is 0.471 e. The molecule has 2 rings (SSSR count).